The molecule has 0 aliphatic carbocycles. The zero-order valence-corrected chi connectivity index (χ0v) is 15.9. The maximum atomic E-state index is 12.4. The molecule has 0 atom stereocenters. The van der Waals surface area contributed by atoms with Crippen molar-refractivity contribution in [1.82, 2.24) is 19.9 Å². The van der Waals surface area contributed by atoms with E-state index in [1.807, 2.05) is 0 Å². The summed E-state index contributed by atoms with van der Waals surface area (Å²) < 4.78 is 38.4. The number of rotatable bonds is 6. The molecular formula is C19H20F3N5O2. The number of fused-ring (bicyclic) bond motifs is 1. The summed E-state index contributed by atoms with van der Waals surface area (Å²) >= 11 is 0. The monoisotopic (exact) mass is 407 g/mol. The summed E-state index contributed by atoms with van der Waals surface area (Å²) in [5.41, 5.74) is 2.11. The highest BCUT2D eigenvalue weighted by molar-refractivity contribution is 5.97. The van der Waals surface area contributed by atoms with Crippen molar-refractivity contribution < 1.29 is 18.0 Å². The van der Waals surface area contributed by atoms with Gasteiger partial charge in [-0.1, -0.05) is 6.07 Å². The summed E-state index contributed by atoms with van der Waals surface area (Å²) in [5, 5.41) is 2.75. The fourth-order valence-corrected chi connectivity index (χ4v) is 2.82. The second kappa shape index (κ2) is 7.98. The highest BCUT2D eigenvalue weighted by atomic mass is 19.4. The Kier molecular flexibility index (Phi) is 5.62. The first-order chi connectivity index (χ1) is 13.6. The average molecular weight is 407 g/mol. The maximum absolute atomic E-state index is 12.4. The van der Waals surface area contributed by atoms with E-state index >= 15 is 0 Å². The van der Waals surface area contributed by atoms with Crippen LogP contribution in [0.15, 0.2) is 41.3 Å². The smallest absolute Gasteiger partial charge is 0.359 e. The number of nitrogens with one attached hydrogen (secondary N) is 2. The average Bonchev–Trinajstić information content (AvgIpc) is 2.97. The third kappa shape index (κ3) is 4.95. The van der Waals surface area contributed by atoms with Gasteiger partial charge in [-0.25, -0.2) is 9.78 Å². The minimum atomic E-state index is -4.21. The number of alkyl halides is 3. The lowest BCUT2D eigenvalue weighted by molar-refractivity contribution is -0.132. The van der Waals surface area contributed by atoms with Gasteiger partial charge in [0, 0.05) is 38.9 Å². The zero-order chi connectivity index (χ0) is 21.2. The van der Waals surface area contributed by atoms with E-state index in [0.29, 0.717) is 28.0 Å². The zero-order valence-electron chi connectivity index (χ0n) is 15.9. The molecule has 154 valence electrons. The number of carbonyl (C=O) groups excluding carboxylic acids is 1. The molecule has 10 heteroatoms. The van der Waals surface area contributed by atoms with Gasteiger partial charge >= 0.3 is 11.9 Å². The van der Waals surface area contributed by atoms with Crippen molar-refractivity contribution >= 4 is 22.8 Å². The van der Waals surface area contributed by atoms with E-state index in [1.165, 1.54) is 15.7 Å². The first kappa shape index (κ1) is 20.4. The number of pyridine rings is 1. The van der Waals surface area contributed by atoms with E-state index in [1.54, 1.807) is 44.4 Å². The van der Waals surface area contributed by atoms with Crippen molar-refractivity contribution in [2.75, 3.05) is 18.5 Å². The number of aromatic amines is 1. The molecule has 7 nitrogen and oxygen atoms in total. The quantitative estimate of drug-likeness (QED) is 0.658. The molecule has 0 aliphatic heterocycles. The fraction of sp³-hybridized carbons (Fsp3) is 0.316. The van der Waals surface area contributed by atoms with Crippen LogP contribution < -0.4 is 15.9 Å². The third-order valence-electron chi connectivity index (χ3n) is 4.55. The SMILES string of the molecule is CN(CCC(F)(F)F)c1ccc(CNC(=O)c2ccc3c(c2)[nH]c(=O)n3C)cn1. The topological polar surface area (TPSA) is 83.0 Å². The van der Waals surface area contributed by atoms with Crippen molar-refractivity contribution in [2.24, 2.45) is 7.05 Å². The van der Waals surface area contributed by atoms with E-state index in [4.69, 9.17) is 0 Å². The van der Waals surface area contributed by atoms with Crippen LogP contribution in [0.5, 0.6) is 0 Å². The van der Waals surface area contributed by atoms with Crippen LogP contribution in [0.3, 0.4) is 0 Å². The summed E-state index contributed by atoms with van der Waals surface area (Å²) in [7, 11) is 3.18. The molecule has 0 radical (unpaired) electrons. The van der Waals surface area contributed by atoms with Crippen molar-refractivity contribution in [3.63, 3.8) is 0 Å². The van der Waals surface area contributed by atoms with Crippen molar-refractivity contribution in [3.05, 3.63) is 58.1 Å². The molecule has 3 rings (SSSR count). The molecule has 0 saturated heterocycles. The number of H-pyrrole nitrogens is 1. The standard InChI is InChI=1S/C19H20F3N5O2/c1-26(8-7-19(20,21)22)16-6-3-12(10-23-16)11-24-17(28)13-4-5-15-14(9-13)25-18(29)27(15)2/h3-6,9-10H,7-8,11H2,1-2H3,(H,24,28)(H,25,29). The van der Waals surface area contributed by atoms with Crippen molar-refractivity contribution in [3.8, 4) is 0 Å². The summed E-state index contributed by atoms with van der Waals surface area (Å²) in [5.74, 6) is 0.103. The van der Waals surface area contributed by atoms with E-state index in [9.17, 15) is 22.8 Å². The predicted octanol–water partition coefficient (Wildman–Crippen LogP) is 2.58. The number of aromatic nitrogens is 3. The first-order valence-corrected chi connectivity index (χ1v) is 8.84. The number of hydrogen-bond donors (Lipinski definition) is 2. The molecule has 0 unspecified atom stereocenters. The van der Waals surface area contributed by atoms with Crippen LogP contribution in [0.4, 0.5) is 19.0 Å². The number of anilines is 1. The number of nitrogens with zero attached hydrogens (tertiary/aromatic N) is 3. The number of aryl methyl sites for hydroxylation is 1. The molecule has 0 saturated carbocycles. The lowest BCUT2D eigenvalue weighted by Gasteiger charge is -2.19. The Balaban J connectivity index is 1.59. The van der Waals surface area contributed by atoms with Crippen LogP contribution in [0, 0.1) is 0 Å². The second-order valence-electron chi connectivity index (χ2n) is 6.72. The Morgan fingerprint density at radius 2 is 2.03 bits per heavy atom. The highest BCUT2D eigenvalue weighted by Gasteiger charge is 2.27. The van der Waals surface area contributed by atoms with E-state index in [2.05, 4.69) is 15.3 Å². The van der Waals surface area contributed by atoms with Crippen molar-refractivity contribution in [1.29, 1.82) is 0 Å². The van der Waals surface area contributed by atoms with Gasteiger partial charge in [0.2, 0.25) is 0 Å². The van der Waals surface area contributed by atoms with Crippen LogP contribution in [-0.4, -0.2) is 40.2 Å². The number of halogens is 3. The van der Waals surface area contributed by atoms with Gasteiger partial charge in [0.25, 0.3) is 5.91 Å². The molecule has 3 aromatic rings. The Morgan fingerprint density at radius 1 is 1.28 bits per heavy atom. The predicted molar refractivity (Wildman–Crippen MR) is 103 cm³/mol. The Labute approximate surface area is 164 Å². The number of imidazole rings is 1. The lowest BCUT2D eigenvalue weighted by atomic mass is 10.2. The Hall–Kier alpha value is -3.30. The van der Waals surface area contributed by atoms with Gasteiger partial charge in [0.15, 0.2) is 0 Å². The minimum absolute atomic E-state index is 0.184. The second-order valence-corrected chi connectivity index (χ2v) is 6.72. The molecule has 2 heterocycles. The molecule has 2 N–H and O–H groups in total. The summed E-state index contributed by atoms with van der Waals surface area (Å²) in [6.45, 7) is 0.0262. The lowest BCUT2D eigenvalue weighted by Crippen LogP contribution is -2.25. The van der Waals surface area contributed by atoms with Gasteiger partial charge in [0.1, 0.15) is 5.82 Å². The van der Waals surface area contributed by atoms with Crippen LogP contribution in [0.1, 0.15) is 22.3 Å². The van der Waals surface area contributed by atoms with Gasteiger partial charge in [-0.05, 0) is 29.8 Å². The summed E-state index contributed by atoms with van der Waals surface area (Å²) in [6, 6.07) is 8.23. The van der Waals surface area contributed by atoms with Crippen LogP contribution >= 0.6 is 0 Å². The molecule has 0 fully saturated rings. The van der Waals surface area contributed by atoms with Gasteiger partial charge in [0.05, 0.1) is 17.5 Å². The van der Waals surface area contributed by atoms with Gasteiger partial charge in [-0.2, -0.15) is 13.2 Å². The normalized spacial score (nSPS) is 11.6. The van der Waals surface area contributed by atoms with E-state index < -0.39 is 12.6 Å². The summed E-state index contributed by atoms with van der Waals surface area (Å²) in [6.07, 6.45) is -3.62. The number of amides is 1. The molecule has 1 amide bonds. The number of carbonyl (C=O) groups is 1. The molecule has 1 aromatic carbocycles. The maximum Gasteiger partial charge on any atom is 0.390 e. The molecule has 0 spiro atoms. The first-order valence-electron chi connectivity index (χ1n) is 8.84. The Morgan fingerprint density at radius 3 is 2.69 bits per heavy atom. The largest absolute Gasteiger partial charge is 0.390 e. The van der Waals surface area contributed by atoms with E-state index in [-0.39, 0.29) is 24.7 Å². The van der Waals surface area contributed by atoms with Crippen LogP contribution in [0.25, 0.3) is 11.0 Å². The van der Waals surface area contributed by atoms with Crippen LogP contribution in [-0.2, 0) is 13.6 Å². The molecular weight excluding hydrogens is 387 g/mol. The van der Waals surface area contributed by atoms with Crippen molar-refractivity contribution in [2.45, 2.75) is 19.1 Å². The third-order valence-corrected chi connectivity index (χ3v) is 4.55. The molecule has 0 aliphatic rings. The number of hydrogen-bond acceptors (Lipinski definition) is 4. The van der Waals surface area contributed by atoms with E-state index in [0.717, 1.165) is 0 Å². The fourth-order valence-electron chi connectivity index (χ4n) is 2.82. The summed E-state index contributed by atoms with van der Waals surface area (Å²) in [4.78, 5) is 32.2. The molecule has 0 bridgehead atoms. The Bertz CT molecular complexity index is 1070. The van der Waals surface area contributed by atoms with Gasteiger partial charge in [-0.3, -0.25) is 9.36 Å². The molecule has 2 aromatic heterocycles. The minimum Gasteiger partial charge on any atom is -0.359 e. The molecule has 29 heavy (non-hydrogen) atoms. The highest BCUT2D eigenvalue weighted by Crippen LogP contribution is 2.21. The number of benzene rings is 1. The van der Waals surface area contributed by atoms with Gasteiger partial charge in [-0.15, -0.1) is 0 Å². The van der Waals surface area contributed by atoms with Gasteiger partial charge < -0.3 is 15.2 Å². The van der Waals surface area contributed by atoms with Crippen LogP contribution in [0.2, 0.25) is 0 Å².